The van der Waals surface area contributed by atoms with Crippen LogP contribution in [0.4, 0.5) is 11.5 Å². The van der Waals surface area contributed by atoms with Gasteiger partial charge in [0.15, 0.2) is 5.82 Å². The summed E-state index contributed by atoms with van der Waals surface area (Å²) in [7, 11) is 0. The Morgan fingerprint density at radius 2 is 2.60 bits per heavy atom. The number of amides is 1. The molecule has 0 aromatic carbocycles. The predicted octanol–water partition coefficient (Wildman–Crippen LogP) is 0.355. The van der Waals surface area contributed by atoms with Gasteiger partial charge in [0.2, 0.25) is 5.91 Å². The Morgan fingerprint density at radius 3 is 3.13 bits per heavy atom. The number of nitrogens with two attached hydrogens (primary N) is 1. The molecule has 0 aliphatic carbocycles. The van der Waals surface area contributed by atoms with Crippen molar-refractivity contribution in [3.8, 4) is 0 Å². The van der Waals surface area contributed by atoms with Crippen LogP contribution in [0.25, 0.3) is 0 Å². The van der Waals surface area contributed by atoms with Gasteiger partial charge in [0.1, 0.15) is 0 Å². The van der Waals surface area contributed by atoms with Crippen molar-refractivity contribution in [1.29, 1.82) is 0 Å². The molecule has 1 saturated heterocycles. The summed E-state index contributed by atoms with van der Waals surface area (Å²) in [6, 6.07) is 0. The second kappa shape index (κ2) is 3.90. The van der Waals surface area contributed by atoms with E-state index in [2.05, 4.69) is 15.5 Å². The summed E-state index contributed by atoms with van der Waals surface area (Å²) in [6.07, 6.45) is 2.18. The fourth-order valence-corrected chi connectivity index (χ4v) is 1.69. The maximum Gasteiger partial charge on any atom is 0.231 e. The summed E-state index contributed by atoms with van der Waals surface area (Å²) in [5, 5.41) is 9.05. The summed E-state index contributed by atoms with van der Waals surface area (Å²) >= 11 is 0. The minimum absolute atomic E-state index is 0.0332. The number of nitrogen functional groups attached to an aromatic ring is 1. The molecule has 0 bridgehead atoms. The number of aromatic amines is 1. The summed E-state index contributed by atoms with van der Waals surface area (Å²) in [5.41, 5.74) is 6.02. The second-order valence-electron chi connectivity index (χ2n) is 3.66. The number of nitrogens with one attached hydrogen (secondary N) is 2. The largest absolute Gasteiger partial charge is 0.394 e. The molecule has 6 heteroatoms. The third kappa shape index (κ3) is 1.94. The van der Waals surface area contributed by atoms with Crippen molar-refractivity contribution in [2.45, 2.75) is 19.4 Å². The SMILES string of the molecule is CC1OCCC1C(=O)Nc1[nH]ncc1N. The molecule has 1 fully saturated rings. The summed E-state index contributed by atoms with van der Waals surface area (Å²) in [5.74, 6) is 0.280. The first-order valence-electron chi connectivity index (χ1n) is 4.90. The number of ether oxygens (including phenoxy) is 1. The third-order valence-electron chi connectivity index (χ3n) is 2.63. The van der Waals surface area contributed by atoms with Crippen molar-refractivity contribution in [3.63, 3.8) is 0 Å². The lowest BCUT2D eigenvalue weighted by Crippen LogP contribution is -2.28. The minimum Gasteiger partial charge on any atom is -0.394 e. The third-order valence-corrected chi connectivity index (χ3v) is 2.63. The van der Waals surface area contributed by atoms with Gasteiger partial charge in [-0.3, -0.25) is 9.89 Å². The van der Waals surface area contributed by atoms with Gasteiger partial charge >= 0.3 is 0 Å². The van der Waals surface area contributed by atoms with Gasteiger partial charge in [0.25, 0.3) is 0 Å². The van der Waals surface area contributed by atoms with Crippen LogP contribution >= 0.6 is 0 Å². The highest BCUT2D eigenvalue weighted by Gasteiger charge is 2.31. The molecule has 1 aromatic heterocycles. The first kappa shape index (κ1) is 9.97. The Kier molecular flexibility index (Phi) is 2.59. The molecule has 15 heavy (non-hydrogen) atoms. The molecule has 0 radical (unpaired) electrons. The minimum atomic E-state index is -0.104. The van der Waals surface area contributed by atoms with Crippen LogP contribution in [-0.4, -0.2) is 28.8 Å². The topological polar surface area (TPSA) is 93.0 Å². The Labute approximate surface area is 87.2 Å². The monoisotopic (exact) mass is 210 g/mol. The highest BCUT2D eigenvalue weighted by atomic mass is 16.5. The van der Waals surface area contributed by atoms with Crippen molar-refractivity contribution < 1.29 is 9.53 Å². The quantitative estimate of drug-likeness (QED) is 0.656. The number of carbonyl (C=O) groups excluding carboxylic acids is 1. The molecule has 0 saturated carbocycles. The van der Waals surface area contributed by atoms with E-state index < -0.39 is 0 Å². The highest BCUT2D eigenvalue weighted by Crippen LogP contribution is 2.23. The van der Waals surface area contributed by atoms with Crippen molar-refractivity contribution in [1.82, 2.24) is 10.2 Å². The van der Waals surface area contributed by atoms with Crippen LogP contribution in [0.2, 0.25) is 0 Å². The van der Waals surface area contributed by atoms with E-state index in [1.54, 1.807) is 0 Å². The molecular formula is C9H14N4O2. The maximum atomic E-state index is 11.8. The molecule has 1 aliphatic rings. The van der Waals surface area contributed by atoms with E-state index in [-0.39, 0.29) is 17.9 Å². The smallest absolute Gasteiger partial charge is 0.231 e. The number of hydrogen-bond acceptors (Lipinski definition) is 4. The van der Waals surface area contributed by atoms with Gasteiger partial charge in [-0.05, 0) is 13.3 Å². The van der Waals surface area contributed by atoms with Crippen molar-refractivity contribution in [2.24, 2.45) is 5.92 Å². The number of anilines is 2. The fourth-order valence-electron chi connectivity index (χ4n) is 1.69. The zero-order chi connectivity index (χ0) is 10.8. The average molecular weight is 210 g/mol. The Balaban J connectivity index is 2.01. The first-order valence-corrected chi connectivity index (χ1v) is 4.90. The van der Waals surface area contributed by atoms with Gasteiger partial charge in [-0.25, -0.2) is 0 Å². The van der Waals surface area contributed by atoms with E-state index in [0.717, 1.165) is 6.42 Å². The molecular weight excluding hydrogens is 196 g/mol. The van der Waals surface area contributed by atoms with Crippen molar-refractivity contribution >= 4 is 17.4 Å². The van der Waals surface area contributed by atoms with Gasteiger partial charge in [-0.2, -0.15) is 5.10 Å². The molecule has 2 heterocycles. The van der Waals surface area contributed by atoms with Crippen LogP contribution in [0.5, 0.6) is 0 Å². The Hall–Kier alpha value is -1.56. The molecule has 1 aromatic rings. The summed E-state index contributed by atoms with van der Waals surface area (Å²) < 4.78 is 5.32. The lowest BCUT2D eigenvalue weighted by Gasteiger charge is -2.13. The molecule has 0 spiro atoms. The standard InChI is InChI=1S/C9H14N4O2/c1-5-6(2-3-15-5)9(14)12-8-7(10)4-11-13-8/h4-6H,2-3,10H2,1H3,(H2,11,12,13,14). The number of nitrogens with zero attached hydrogens (tertiary/aromatic N) is 1. The molecule has 1 amide bonds. The number of aromatic nitrogens is 2. The maximum absolute atomic E-state index is 11.8. The molecule has 4 N–H and O–H groups in total. The van der Waals surface area contributed by atoms with E-state index in [1.165, 1.54) is 6.20 Å². The normalized spacial score (nSPS) is 25.4. The summed E-state index contributed by atoms with van der Waals surface area (Å²) in [6.45, 7) is 2.53. The molecule has 6 nitrogen and oxygen atoms in total. The van der Waals surface area contributed by atoms with Gasteiger partial charge < -0.3 is 15.8 Å². The zero-order valence-electron chi connectivity index (χ0n) is 8.49. The molecule has 2 atom stereocenters. The van der Waals surface area contributed by atoms with Crippen LogP contribution in [-0.2, 0) is 9.53 Å². The Morgan fingerprint density at radius 1 is 1.80 bits per heavy atom. The van der Waals surface area contributed by atoms with Crippen molar-refractivity contribution in [3.05, 3.63) is 6.20 Å². The molecule has 82 valence electrons. The fraction of sp³-hybridized carbons (Fsp3) is 0.556. The Bertz CT molecular complexity index is 363. The lowest BCUT2D eigenvalue weighted by atomic mass is 10.0. The number of hydrogen-bond donors (Lipinski definition) is 3. The number of H-pyrrole nitrogens is 1. The van der Waals surface area contributed by atoms with Gasteiger partial charge in [0, 0.05) is 6.61 Å². The first-order chi connectivity index (χ1) is 7.18. The number of carbonyl (C=O) groups is 1. The second-order valence-corrected chi connectivity index (χ2v) is 3.66. The van der Waals surface area contributed by atoms with E-state index in [4.69, 9.17) is 10.5 Å². The van der Waals surface area contributed by atoms with E-state index in [1.807, 2.05) is 6.92 Å². The van der Waals surface area contributed by atoms with Crippen LogP contribution < -0.4 is 11.1 Å². The van der Waals surface area contributed by atoms with Crippen LogP contribution in [0, 0.1) is 5.92 Å². The number of rotatable bonds is 2. The van der Waals surface area contributed by atoms with Crippen molar-refractivity contribution in [2.75, 3.05) is 17.7 Å². The zero-order valence-corrected chi connectivity index (χ0v) is 8.49. The van der Waals surface area contributed by atoms with E-state index >= 15 is 0 Å². The van der Waals surface area contributed by atoms with E-state index in [0.29, 0.717) is 18.1 Å². The van der Waals surface area contributed by atoms with Gasteiger partial charge in [0.05, 0.1) is 23.9 Å². The predicted molar refractivity (Wildman–Crippen MR) is 55.2 cm³/mol. The van der Waals surface area contributed by atoms with E-state index in [9.17, 15) is 4.79 Å². The molecule has 2 unspecified atom stereocenters. The van der Waals surface area contributed by atoms with Gasteiger partial charge in [-0.1, -0.05) is 0 Å². The average Bonchev–Trinajstić information content (AvgIpc) is 2.76. The lowest BCUT2D eigenvalue weighted by molar-refractivity contribution is -0.121. The highest BCUT2D eigenvalue weighted by molar-refractivity contribution is 5.94. The summed E-state index contributed by atoms with van der Waals surface area (Å²) in [4.78, 5) is 11.8. The van der Waals surface area contributed by atoms with Gasteiger partial charge in [-0.15, -0.1) is 0 Å². The van der Waals surface area contributed by atoms with Crippen LogP contribution in [0.15, 0.2) is 6.20 Å². The molecule has 1 aliphatic heterocycles. The molecule has 2 rings (SSSR count). The van der Waals surface area contributed by atoms with Crippen LogP contribution in [0.3, 0.4) is 0 Å². The van der Waals surface area contributed by atoms with Crippen LogP contribution in [0.1, 0.15) is 13.3 Å².